The molecule has 1 aromatic heterocycles. The minimum Gasteiger partial charge on any atom is -0.434 e. The zero-order valence-corrected chi connectivity index (χ0v) is 12.3. The Morgan fingerprint density at radius 1 is 1.37 bits per heavy atom. The molecule has 0 saturated carbocycles. The maximum absolute atomic E-state index is 10.9. The lowest BCUT2D eigenvalue weighted by molar-refractivity contribution is -0.390. The molecule has 0 spiro atoms. The first-order valence-corrected chi connectivity index (χ1v) is 6.29. The summed E-state index contributed by atoms with van der Waals surface area (Å²) < 4.78 is 8.07. The van der Waals surface area contributed by atoms with Crippen molar-refractivity contribution in [2.75, 3.05) is 0 Å². The van der Waals surface area contributed by atoms with Gasteiger partial charge in [-0.3, -0.25) is 4.57 Å². The lowest BCUT2D eigenvalue weighted by atomic mass is 10.1. The van der Waals surface area contributed by atoms with E-state index in [0.29, 0.717) is 5.75 Å². The summed E-state index contributed by atoms with van der Waals surface area (Å²) in [7, 11) is 1.65. The van der Waals surface area contributed by atoms with Crippen molar-refractivity contribution in [1.82, 2.24) is 9.55 Å². The highest BCUT2D eigenvalue weighted by atomic mass is 79.9. The second kappa shape index (κ2) is 5.00. The van der Waals surface area contributed by atoms with Crippen LogP contribution in [0.1, 0.15) is 11.1 Å². The fourth-order valence-corrected chi connectivity index (χ4v) is 1.96. The first-order valence-electron chi connectivity index (χ1n) is 5.50. The van der Waals surface area contributed by atoms with Crippen molar-refractivity contribution >= 4 is 21.7 Å². The molecule has 0 atom stereocenters. The van der Waals surface area contributed by atoms with Crippen LogP contribution in [0.4, 0.5) is 5.82 Å². The highest BCUT2D eigenvalue weighted by Gasteiger charge is 2.22. The summed E-state index contributed by atoms with van der Waals surface area (Å²) >= 11 is 3.46. The summed E-state index contributed by atoms with van der Waals surface area (Å²) in [4.78, 5) is 14.0. The van der Waals surface area contributed by atoms with Crippen LogP contribution in [0.3, 0.4) is 0 Å². The van der Waals surface area contributed by atoms with Gasteiger partial charge in [-0.25, -0.2) is 0 Å². The summed E-state index contributed by atoms with van der Waals surface area (Å²) in [6.45, 7) is 3.86. The molecule has 19 heavy (non-hydrogen) atoms. The largest absolute Gasteiger partial charge is 0.434 e. The number of aryl methyl sites for hydroxylation is 3. The number of ether oxygens (including phenoxy) is 1. The molecule has 0 bridgehead atoms. The van der Waals surface area contributed by atoms with Crippen LogP contribution in [-0.4, -0.2) is 14.5 Å². The zero-order valence-electron chi connectivity index (χ0n) is 10.7. The van der Waals surface area contributed by atoms with E-state index in [9.17, 15) is 10.1 Å². The minimum atomic E-state index is -0.562. The average molecular weight is 326 g/mol. The predicted molar refractivity (Wildman–Crippen MR) is 73.6 cm³/mol. The van der Waals surface area contributed by atoms with Crippen LogP contribution in [0.25, 0.3) is 0 Å². The fourth-order valence-electron chi connectivity index (χ4n) is 1.73. The van der Waals surface area contributed by atoms with Crippen molar-refractivity contribution in [3.05, 3.63) is 44.2 Å². The Hall–Kier alpha value is -1.89. The van der Waals surface area contributed by atoms with Gasteiger partial charge in [0.25, 0.3) is 0 Å². The van der Waals surface area contributed by atoms with Crippen LogP contribution >= 0.6 is 15.9 Å². The first-order chi connectivity index (χ1) is 8.90. The van der Waals surface area contributed by atoms with Gasteiger partial charge in [0.15, 0.2) is 0 Å². The van der Waals surface area contributed by atoms with Crippen LogP contribution < -0.4 is 4.74 Å². The number of benzene rings is 1. The molecule has 2 aromatic rings. The van der Waals surface area contributed by atoms with E-state index in [1.165, 1.54) is 10.9 Å². The second-order valence-electron chi connectivity index (χ2n) is 4.21. The smallest absolute Gasteiger partial charge is 0.427 e. The third kappa shape index (κ3) is 2.60. The van der Waals surface area contributed by atoms with Gasteiger partial charge in [-0.05, 0) is 47.0 Å². The van der Waals surface area contributed by atoms with Crippen LogP contribution in [0, 0.1) is 24.0 Å². The van der Waals surface area contributed by atoms with E-state index in [2.05, 4.69) is 20.9 Å². The van der Waals surface area contributed by atoms with Gasteiger partial charge in [-0.2, -0.15) is 0 Å². The molecule has 0 radical (unpaired) electrons. The van der Waals surface area contributed by atoms with Crippen molar-refractivity contribution in [2.45, 2.75) is 13.8 Å². The molecule has 7 heteroatoms. The number of nitro groups is 1. The van der Waals surface area contributed by atoms with Crippen LogP contribution in [-0.2, 0) is 7.05 Å². The molecular weight excluding hydrogens is 314 g/mol. The van der Waals surface area contributed by atoms with Gasteiger partial charge in [0, 0.05) is 11.5 Å². The van der Waals surface area contributed by atoms with Crippen LogP contribution in [0.15, 0.2) is 22.9 Å². The fraction of sp³-hybridized carbons (Fsp3) is 0.250. The third-order valence-electron chi connectivity index (χ3n) is 2.66. The molecule has 0 unspecified atom stereocenters. The lowest BCUT2D eigenvalue weighted by Gasteiger charge is -2.09. The molecule has 0 fully saturated rings. The Bertz CT molecular complexity index is 629. The molecule has 100 valence electrons. The Labute approximate surface area is 118 Å². The maximum atomic E-state index is 10.9. The quantitative estimate of drug-likeness (QED) is 0.639. The van der Waals surface area contributed by atoms with Gasteiger partial charge >= 0.3 is 11.7 Å². The van der Waals surface area contributed by atoms with Gasteiger partial charge in [0.2, 0.25) is 6.33 Å². The standard InChI is InChI=1S/C12H12BrN3O3/c1-7-4-9(5-8(2)10(7)13)19-12-11(16(17)18)14-6-15(12)3/h4-6H,1-3H3. The van der Waals surface area contributed by atoms with Crippen molar-refractivity contribution < 1.29 is 9.66 Å². The van der Waals surface area contributed by atoms with E-state index in [-0.39, 0.29) is 11.7 Å². The summed E-state index contributed by atoms with van der Waals surface area (Å²) in [5.74, 6) is 0.372. The van der Waals surface area contributed by atoms with Crippen molar-refractivity contribution in [1.29, 1.82) is 0 Å². The minimum absolute atomic E-state index is 0.117. The monoisotopic (exact) mass is 325 g/mol. The van der Waals surface area contributed by atoms with Crippen molar-refractivity contribution in [2.24, 2.45) is 7.05 Å². The summed E-state index contributed by atoms with van der Waals surface area (Å²) in [6, 6.07) is 3.63. The van der Waals surface area contributed by atoms with E-state index < -0.39 is 4.92 Å². The molecule has 0 aliphatic carbocycles. The van der Waals surface area contributed by atoms with E-state index in [0.717, 1.165) is 15.6 Å². The Morgan fingerprint density at radius 2 is 1.95 bits per heavy atom. The van der Waals surface area contributed by atoms with Crippen molar-refractivity contribution in [3.63, 3.8) is 0 Å². The van der Waals surface area contributed by atoms with Gasteiger partial charge in [0.1, 0.15) is 5.75 Å². The van der Waals surface area contributed by atoms with Gasteiger partial charge in [0.05, 0.1) is 0 Å². The molecule has 0 aliphatic heterocycles. The molecular formula is C12H12BrN3O3. The summed E-state index contributed by atoms with van der Waals surface area (Å²) in [5.41, 5.74) is 2.00. The van der Waals surface area contributed by atoms with Crippen LogP contribution in [0.2, 0.25) is 0 Å². The van der Waals surface area contributed by atoms with E-state index in [1.807, 2.05) is 26.0 Å². The normalized spacial score (nSPS) is 10.5. The van der Waals surface area contributed by atoms with Gasteiger partial charge in [-0.1, -0.05) is 15.9 Å². The lowest BCUT2D eigenvalue weighted by Crippen LogP contribution is -1.97. The Balaban J connectivity index is 2.42. The Morgan fingerprint density at radius 3 is 2.47 bits per heavy atom. The number of nitrogens with zero attached hydrogens (tertiary/aromatic N) is 3. The number of rotatable bonds is 3. The van der Waals surface area contributed by atoms with Crippen LogP contribution in [0.5, 0.6) is 11.6 Å². The second-order valence-corrected chi connectivity index (χ2v) is 5.01. The number of hydrogen-bond acceptors (Lipinski definition) is 4. The van der Waals surface area contributed by atoms with Crippen molar-refractivity contribution in [3.8, 4) is 11.6 Å². The molecule has 1 heterocycles. The predicted octanol–water partition coefficient (Wildman–Crippen LogP) is 3.50. The number of imidazole rings is 1. The topological polar surface area (TPSA) is 70.2 Å². The molecule has 0 aliphatic rings. The molecule has 0 N–H and O–H groups in total. The van der Waals surface area contributed by atoms with E-state index in [4.69, 9.17) is 4.74 Å². The van der Waals surface area contributed by atoms with Gasteiger partial charge in [-0.15, -0.1) is 0 Å². The molecule has 0 amide bonds. The highest BCUT2D eigenvalue weighted by Crippen LogP contribution is 2.32. The average Bonchev–Trinajstić information content (AvgIpc) is 2.68. The number of aromatic nitrogens is 2. The molecule has 6 nitrogen and oxygen atoms in total. The molecule has 2 rings (SSSR count). The zero-order chi connectivity index (χ0) is 14.2. The maximum Gasteiger partial charge on any atom is 0.427 e. The van der Waals surface area contributed by atoms with E-state index in [1.54, 1.807) is 7.05 Å². The molecule has 0 saturated heterocycles. The SMILES string of the molecule is Cc1cc(Oc2c([N+](=O)[O-])ncn2C)cc(C)c1Br. The third-order valence-corrected chi connectivity index (χ3v) is 3.91. The molecule has 1 aromatic carbocycles. The summed E-state index contributed by atoms with van der Waals surface area (Å²) in [6.07, 6.45) is 1.35. The Kier molecular flexibility index (Phi) is 3.57. The first kappa shape index (κ1) is 13.5. The number of halogens is 1. The van der Waals surface area contributed by atoms with E-state index >= 15 is 0 Å². The highest BCUT2D eigenvalue weighted by molar-refractivity contribution is 9.10. The van der Waals surface area contributed by atoms with Gasteiger partial charge < -0.3 is 14.9 Å². The number of hydrogen-bond donors (Lipinski definition) is 0. The summed E-state index contributed by atoms with van der Waals surface area (Å²) in [5, 5.41) is 10.9.